The number of aromatic nitrogens is 1. The first-order valence-electron chi connectivity index (χ1n) is 6.83. The smallest absolute Gasteiger partial charge is 0.142 e. The summed E-state index contributed by atoms with van der Waals surface area (Å²) in [6, 6.07) is 8.02. The van der Waals surface area contributed by atoms with E-state index in [0.29, 0.717) is 5.15 Å². The molecule has 0 radical (unpaired) electrons. The number of thiophene rings is 1. The molecular formula is C15H14ClN3OS. The van der Waals surface area contributed by atoms with E-state index in [1.54, 1.807) is 17.4 Å². The summed E-state index contributed by atoms with van der Waals surface area (Å²) in [5.74, 6) is 0. The maximum atomic E-state index is 10.4. The number of aliphatic hydroxyl groups is 1. The third-order valence-corrected chi connectivity index (χ3v) is 5.21. The van der Waals surface area contributed by atoms with Gasteiger partial charge in [-0.1, -0.05) is 11.6 Å². The summed E-state index contributed by atoms with van der Waals surface area (Å²) in [7, 11) is 0. The molecule has 2 atom stereocenters. The van der Waals surface area contributed by atoms with Gasteiger partial charge in [-0.15, -0.1) is 11.3 Å². The van der Waals surface area contributed by atoms with Gasteiger partial charge < -0.3 is 10.4 Å². The number of pyridine rings is 1. The number of anilines is 1. The highest BCUT2D eigenvalue weighted by Gasteiger charge is 2.24. The molecule has 6 heteroatoms. The molecule has 108 valence electrons. The molecule has 3 heterocycles. The molecule has 0 spiro atoms. The normalized spacial score (nSPS) is 22.0. The maximum absolute atomic E-state index is 10.4. The van der Waals surface area contributed by atoms with Crippen molar-refractivity contribution in [2.24, 2.45) is 0 Å². The van der Waals surface area contributed by atoms with E-state index in [4.69, 9.17) is 11.6 Å². The Morgan fingerprint density at radius 1 is 1.33 bits per heavy atom. The van der Waals surface area contributed by atoms with Crippen molar-refractivity contribution in [1.29, 1.82) is 0 Å². The number of hydrogen-bond acceptors (Lipinski definition) is 5. The average molecular weight is 320 g/mol. The van der Waals surface area contributed by atoms with E-state index in [2.05, 4.69) is 15.6 Å². The van der Waals surface area contributed by atoms with Crippen LogP contribution in [-0.2, 0) is 0 Å². The largest absolute Gasteiger partial charge is 0.382 e. The Morgan fingerprint density at radius 3 is 3.05 bits per heavy atom. The zero-order valence-electron chi connectivity index (χ0n) is 11.4. The molecule has 0 amide bonds. The Balaban J connectivity index is 2.05. The third kappa shape index (κ3) is 2.08. The first kappa shape index (κ1) is 13.3. The van der Waals surface area contributed by atoms with Gasteiger partial charge >= 0.3 is 0 Å². The number of nitrogens with one attached hydrogen (secondary N) is 2. The lowest BCUT2D eigenvalue weighted by atomic mass is 10.1. The van der Waals surface area contributed by atoms with Crippen LogP contribution in [0.3, 0.4) is 0 Å². The van der Waals surface area contributed by atoms with Gasteiger partial charge in [-0.2, -0.15) is 0 Å². The van der Waals surface area contributed by atoms with E-state index >= 15 is 0 Å². The molecule has 2 unspecified atom stereocenters. The van der Waals surface area contributed by atoms with Crippen molar-refractivity contribution in [3.63, 3.8) is 0 Å². The molecule has 4 nitrogen and oxygen atoms in total. The molecule has 2 aromatic heterocycles. The number of fused-ring (bicyclic) bond motifs is 5. The lowest BCUT2D eigenvalue weighted by molar-refractivity contribution is 0.134. The van der Waals surface area contributed by atoms with Crippen molar-refractivity contribution < 1.29 is 5.11 Å². The maximum Gasteiger partial charge on any atom is 0.142 e. The Hall–Kier alpha value is -1.40. The number of hydrogen-bond donors (Lipinski definition) is 3. The summed E-state index contributed by atoms with van der Waals surface area (Å²) in [6.45, 7) is 2.82. The SMILES string of the molecule is CC1CNc2c(sc3ccc4nc(Cl)ccc4c23)C(O)N1. The van der Waals surface area contributed by atoms with Gasteiger partial charge in [-0.3, -0.25) is 5.32 Å². The molecule has 3 aromatic rings. The van der Waals surface area contributed by atoms with E-state index in [1.165, 1.54) is 0 Å². The fraction of sp³-hybridized carbons (Fsp3) is 0.267. The second-order valence-corrected chi connectivity index (χ2v) is 6.80. The number of nitrogens with zero attached hydrogens (tertiary/aromatic N) is 1. The van der Waals surface area contributed by atoms with Crippen molar-refractivity contribution in [1.82, 2.24) is 10.3 Å². The van der Waals surface area contributed by atoms with Crippen LogP contribution in [0.15, 0.2) is 24.3 Å². The lowest BCUT2D eigenvalue weighted by Crippen LogP contribution is -2.32. The molecule has 1 aromatic carbocycles. The summed E-state index contributed by atoms with van der Waals surface area (Å²) in [6.07, 6.45) is -0.641. The van der Waals surface area contributed by atoms with Crippen LogP contribution >= 0.6 is 22.9 Å². The van der Waals surface area contributed by atoms with Crippen molar-refractivity contribution >= 4 is 49.6 Å². The quantitative estimate of drug-likeness (QED) is 0.555. The van der Waals surface area contributed by atoms with Crippen LogP contribution in [0.4, 0.5) is 5.69 Å². The van der Waals surface area contributed by atoms with Crippen LogP contribution in [0.25, 0.3) is 21.0 Å². The van der Waals surface area contributed by atoms with Crippen molar-refractivity contribution in [2.45, 2.75) is 19.2 Å². The van der Waals surface area contributed by atoms with Crippen LogP contribution in [0.2, 0.25) is 5.15 Å². The van der Waals surface area contributed by atoms with Crippen molar-refractivity contribution in [3.8, 4) is 0 Å². The first-order valence-corrected chi connectivity index (χ1v) is 8.02. The highest BCUT2D eigenvalue weighted by molar-refractivity contribution is 7.20. The Bertz CT molecular complexity index is 848. The van der Waals surface area contributed by atoms with E-state index < -0.39 is 6.23 Å². The summed E-state index contributed by atoms with van der Waals surface area (Å²) in [5, 5.41) is 19.7. The summed E-state index contributed by atoms with van der Waals surface area (Å²) in [5.41, 5.74) is 1.88. The Labute approximate surface area is 130 Å². The molecule has 0 aliphatic carbocycles. The average Bonchev–Trinajstić information content (AvgIpc) is 2.77. The highest BCUT2D eigenvalue weighted by atomic mass is 35.5. The molecule has 4 rings (SSSR count). The van der Waals surface area contributed by atoms with Gasteiger partial charge in [-0.25, -0.2) is 4.98 Å². The summed E-state index contributed by atoms with van der Waals surface area (Å²) >= 11 is 7.59. The molecule has 21 heavy (non-hydrogen) atoms. The fourth-order valence-electron chi connectivity index (χ4n) is 2.82. The molecular weight excluding hydrogens is 306 g/mol. The van der Waals surface area contributed by atoms with Gasteiger partial charge in [0.1, 0.15) is 11.4 Å². The van der Waals surface area contributed by atoms with E-state index in [0.717, 1.165) is 38.1 Å². The predicted molar refractivity (Wildman–Crippen MR) is 88.2 cm³/mol. The molecule has 1 aliphatic rings. The van der Waals surface area contributed by atoms with Gasteiger partial charge in [0, 0.05) is 28.1 Å². The van der Waals surface area contributed by atoms with Crippen molar-refractivity contribution in [3.05, 3.63) is 34.3 Å². The van der Waals surface area contributed by atoms with Gasteiger partial charge in [0.2, 0.25) is 0 Å². The first-order chi connectivity index (χ1) is 10.1. The number of benzene rings is 1. The molecule has 0 saturated carbocycles. The second kappa shape index (κ2) is 4.81. The van der Waals surface area contributed by atoms with Crippen molar-refractivity contribution in [2.75, 3.05) is 11.9 Å². The van der Waals surface area contributed by atoms with Gasteiger partial charge in [0.05, 0.1) is 16.1 Å². The van der Waals surface area contributed by atoms with Crippen LogP contribution in [0.1, 0.15) is 18.0 Å². The fourth-order valence-corrected chi connectivity index (χ4v) is 4.12. The van der Waals surface area contributed by atoms with Gasteiger partial charge in [0.25, 0.3) is 0 Å². The minimum Gasteiger partial charge on any atom is -0.382 e. The summed E-state index contributed by atoms with van der Waals surface area (Å²) in [4.78, 5) is 5.30. The topological polar surface area (TPSA) is 57.2 Å². The van der Waals surface area contributed by atoms with Gasteiger partial charge in [0.15, 0.2) is 0 Å². The zero-order valence-corrected chi connectivity index (χ0v) is 12.9. The van der Waals surface area contributed by atoms with Crippen LogP contribution < -0.4 is 10.6 Å². The summed E-state index contributed by atoms with van der Waals surface area (Å²) < 4.78 is 1.14. The van der Waals surface area contributed by atoms with E-state index in [1.807, 2.05) is 25.1 Å². The number of aliphatic hydroxyl groups excluding tert-OH is 1. The van der Waals surface area contributed by atoms with E-state index in [9.17, 15) is 5.11 Å². The predicted octanol–water partition coefficient (Wildman–Crippen LogP) is 3.50. The molecule has 0 fully saturated rings. The molecule has 0 bridgehead atoms. The second-order valence-electron chi connectivity index (χ2n) is 5.33. The molecule has 0 saturated heterocycles. The minimum absolute atomic E-state index is 0.206. The molecule has 1 aliphatic heterocycles. The third-order valence-electron chi connectivity index (χ3n) is 3.79. The number of halogens is 1. The van der Waals surface area contributed by atoms with Crippen LogP contribution in [0, 0.1) is 0 Å². The number of rotatable bonds is 0. The standard InChI is InChI=1S/C15H14ClN3OS/c1-7-6-17-13-12-8-2-5-11(16)19-9(8)3-4-10(12)21-14(13)15(20)18-7/h2-5,7,15,17-18,20H,6H2,1H3. The zero-order chi connectivity index (χ0) is 14.6. The van der Waals surface area contributed by atoms with Crippen LogP contribution in [0.5, 0.6) is 0 Å². The van der Waals surface area contributed by atoms with Gasteiger partial charge in [-0.05, 0) is 31.2 Å². The highest BCUT2D eigenvalue weighted by Crippen LogP contribution is 2.43. The lowest BCUT2D eigenvalue weighted by Gasteiger charge is -2.13. The van der Waals surface area contributed by atoms with E-state index in [-0.39, 0.29) is 6.04 Å². The van der Waals surface area contributed by atoms with Crippen LogP contribution in [-0.4, -0.2) is 22.7 Å². The molecule has 3 N–H and O–H groups in total. The minimum atomic E-state index is -0.641. The monoisotopic (exact) mass is 319 g/mol. The Kier molecular flexibility index (Phi) is 3.04. The Morgan fingerprint density at radius 2 is 2.19 bits per heavy atom.